The van der Waals surface area contributed by atoms with E-state index in [9.17, 15) is 9.59 Å². The van der Waals surface area contributed by atoms with Crippen LogP contribution in [-0.4, -0.2) is 33.4 Å². The summed E-state index contributed by atoms with van der Waals surface area (Å²) in [7, 11) is 0. The maximum Gasteiger partial charge on any atom is 0.320 e. The fourth-order valence-electron chi connectivity index (χ4n) is 0.402. The predicted octanol–water partition coefficient (Wildman–Crippen LogP) is -0.595. The molecule has 1 atom stereocenters. The molecule has 5 N–H and O–H groups in total. The number of nitrogens with two attached hydrogens (primary N) is 1. The van der Waals surface area contributed by atoms with E-state index in [0.717, 1.165) is 0 Å². The predicted molar refractivity (Wildman–Crippen MR) is 40.1 cm³/mol. The molecule has 0 aromatic carbocycles. The second-order valence-electron chi connectivity index (χ2n) is 1.96. The summed E-state index contributed by atoms with van der Waals surface area (Å²) in [5, 5.41) is 24.2. The lowest BCUT2D eigenvalue weighted by atomic mass is 10.2. The standard InChI is InChI=1S/C5H9NO4.HNO2/c6-3(5(9)10)1-2-4(7)8;2-1-3/h3H,1-2,6H2,(H,7,8)(H,9,10);(H,2,3)/t3-;/m0./s1. The smallest absolute Gasteiger partial charge is 0.320 e. The van der Waals surface area contributed by atoms with E-state index in [-0.39, 0.29) is 12.8 Å². The maximum absolute atomic E-state index is 9.99. The van der Waals surface area contributed by atoms with Gasteiger partial charge in [-0.25, -0.2) is 0 Å². The Labute approximate surface area is 72.9 Å². The molecule has 8 nitrogen and oxygen atoms in total. The molecule has 0 aromatic rings. The van der Waals surface area contributed by atoms with Crippen LogP contribution in [-0.2, 0) is 9.59 Å². The molecule has 0 unspecified atom stereocenters. The van der Waals surface area contributed by atoms with Crippen molar-refractivity contribution in [2.45, 2.75) is 18.9 Å². The molecule has 0 heterocycles. The summed E-state index contributed by atoms with van der Waals surface area (Å²) in [4.78, 5) is 28.0. The third kappa shape index (κ3) is 13.3. The van der Waals surface area contributed by atoms with Crippen molar-refractivity contribution < 1.29 is 25.0 Å². The maximum atomic E-state index is 9.99. The number of carbonyl (C=O) groups is 2. The van der Waals surface area contributed by atoms with Crippen LogP contribution in [0.25, 0.3) is 0 Å². The van der Waals surface area contributed by atoms with Gasteiger partial charge in [0, 0.05) is 6.42 Å². The number of nitrogens with zero attached hydrogens (tertiary/aromatic N) is 1. The number of hydrogen-bond donors (Lipinski definition) is 4. The van der Waals surface area contributed by atoms with Gasteiger partial charge in [-0.1, -0.05) is 0 Å². The largest absolute Gasteiger partial charge is 0.481 e. The second kappa shape index (κ2) is 8.40. The Bertz CT molecular complexity index is 182. The van der Waals surface area contributed by atoms with E-state index in [2.05, 4.69) is 0 Å². The molecule has 8 heteroatoms. The minimum atomic E-state index is -1.17. The molecule has 0 amide bonds. The minimum absolute atomic E-state index is 0.0231. The summed E-state index contributed by atoms with van der Waals surface area (Å²) in [5.41, 5.74) is 5.00. The van der Waals surface area contributed by atoms with Crippen molar-refractivity contribution in [1.82, 2.24) is 0 Å². The molecule has 0 aliphatic heterocycles. The van der Waals surface area contributed by atoms with E-state index >= 15 is 0 Å². The first-order chi connectivity index (χ1) is 5.95. The summed E-state index contributed by atoms with van der Waals surface area (Å²) in [5.74, 6) is -2.20. The molecule has 0 fully saturated rings. The third-order valence-corrected chi connectivity index (χ3v) is 0.986. The molecule has 0 saturated heterocycles. The molecular formula is C5H10N2O6. The van der Waals surface area contributed by atoms with Crippen LogP contribution in [0.15, 0.2) is 5.34 Å². The van der Waals surface area contributed by atoms with Gasteiger partial charge in [0.15, 0.2) is 5.34 Å². The third-order valence-electron chi connectivity index (χ3n) is 0.986. The molecule has 0 aliphatic carbocycles. The van der Waals surface area contributed by atoms with Crippen molar-refractivity contribution >= 4 is 11.9 Å². The monoisotopic (exact) mass is 194 g/mol. The van der Waals surface area contributed by atoms with Crippen molar-refractivity contribution in [2.24, 2.45) is 11.1 Å². The van der Waals surface area contributed by atoms with Gasteiger partial charge >= 0.3 is 11.9 Å². The topological polar surface area (TPSA) is 150 Å². The first-order valence-corrected chi connectivity index (χ1v) is 3.12. The molecular weight excluding hydrogens is 184 g/mol. The molecule has 0 saturated carbocycles. The Morgan fingerprint density at radius 2 is 1.77 bits per heavy atom. The average Bonchev–Trinajstić information content (AvgIpc) is 2.01. The van der Waals surface area contributed by atoms with E-state index < -0.39 is 18.0 Å². The fraction of sp³-hybridized carbons (Fsp3) is 0.600. The highest BCUT2D eigenvalue weighted by atomic mass is 16.6. The molecule has 76 valence electrons. The van der Waals surface area contributed by atoms with Gasteiger partial charge in [0.25, 0.3) is 0 Å². The summed E-state index contributed by atoms with van der Waals surface area (Å²) in [6.45, 7) is 0. The van der Waals surface area contributed by atoms with Crippen molar-refractivity contribution in [2.75, 3.05) is 0 Å². The zero-order valence-electron chi connectivity index (χ0n) is 6.58. The lowest BCUT2D eigenvalue weighted by molar-refractivity contribution is -0.139. The molecule has 0 spiro atoms. The van der Waals surface area contributed by atoms with E-state index in [1.165, 1.54) is 5.34 Å². The highest BCUT2D eigenvalue weighted by Crippen LogP contribution is 1.93. The van der Waals surface area contributed by atoms with Gasteiger partial charge in [-0.3, -0.25) is 9.59 Å². The van der Waals surface area contributed by atoms with E-state index in [1.54, 1.807) is 0 Å². The number of rotatable bonds is 4. The first kappa shape index (κ1) is 13.9. The van der Waals surface area contributed by atoms with Gasteiger partial charge in [0.2, 0.25) is 0 Å². The Balaban J connectivity index is 0. The summed E-state index contributed by atoms with van der Waals surface area (Å²) >= 11 is 0. The first-order valence-electron chi connectivity index (χ1n) is 3.12. The minimum Gasteiger partial charge on any atom is -0.481 e. The summed E-state index contributed by atoms with van der Waals surface area (Å²) in [6, 6.07) is -1.06. The van der Waals surface area contributed by atoms with E-state index in [0.29, 0.717) is 0 Å². The van der Waals surface area contributed by atoms with Crippen LogP contribution in [0.1, 0.15) is 12.8 Å². The number of carboxylic acid groups (broad SMARTS) is 2. The molecule has 0 radical (unpaired) electrons. The summed E-state index contributed by atoms with van der Waals surface area (Å²) < 4.78 is 0. The van der Waals surface area contributed by atoms with Crippen LogP contribution < -0.4 is 5.73 Å². The Kier molecular flexibility index (Phi) is 8.95. The average molecular weight is 194 g/mol. The van der Waals surface area contributed by atoms with Crippen LogP contribution in [0.2, 0.25) is 0 Å². The quantitative estimate of drug-likeness (QED) is 0.344. The van der Waals surface area contributed by atoms with E-state index in [4.69, 9.17) is 26.1 Å². The number of hydrogen-bond acceptors (Lipinski definition) is 5. The van der Waals surface area contributed by atoms with E-state index in [1.807, 2.05) is 0 Å². The fourth-order valence-corrected chi connectivity index (χ4v) is 0.402. The molecule has 0 rings (SSSR count). The molecule has 0 bridgehead atoms. The normalized spacial score (nSPS) is 10.5. The van der Waals surface area contributed by atoms with Gasteiger partial charge in [0.05, 0.1) is 0 Å². The van der Waals surface area contributed by atoms with Crippen molar-refractivity contribution in [3.05, 3.63) is 4.91 Å². The van der Waals surface area contributed by atoms with Crippen LogP contribution >= 0.6 is 0 Å². The highest BCUT2D eigenvalue weighted by Gasteiger charge is 2.12. The van der Waals surface area contributed by atoms with Crippen molar-refractivity contribution in [3.8, 4) is 0 Å². The second-order valence-corrected chi connectivity index (χ2v) is 1.96. The summed E-state index contributed by atoms with van der Waals surface area (Å²) in [6.07, 6.45) is -0.224. The van der Waals surface area contributed by atoms with Crippen LogP contribution in [0, 0.1) is 4.91 Å². The van der Waals surface area contributed by atoms with Crippen LogP contribution in [0.5, 0.6) is 0 Å². The lowest BCUT2D eigenvalue weighted by Crippen LogP contribution is -2.30. The lowest BCUT2D eigenvalue weighted by Gasteiger charge is -2.01. The Morgan fingerprint density at radius 3 is 2.00 bits per heavy atom. The zero-order chi connectivity index (χ0) is 10.9. The number of aliphatic carboxylic acids is 2. The van der Waals surface area contributed by atoms with Gasteiger partial charge in [-0.15, -0.1) is 4.91 Å². The molecule has 13 heavy (non-hydrogen) atoms. The van der Waals surface area contributed by atoms with Crippen molar-refractivity contribution in [1.29, 1.82) is 0 Å². The Morgan fingerprint density at radius 1 is 1.38 bits per heavy atom. The van der Waals surface area contributed by atoms with Gasteiger partial charge in [-0.2, -0.15) is 0 Å². The molecule has 0 aromatic heterocycles. The van der Waals surface area contributed by atoms with Crippen LogP contribution in [0.3, 0.4) is 0 Å². The van der Waals surface area contributed by atoms with Gasteiger partial charge in [-0.05, 0) is 6.42 Å². The van der Waals surface area contributed by atoms with Gasteiger partial charge in [0.1, 0.15) is 6.04 Å². The SMILES string of the molecule is N[C@@H](CCC(=O)O)C(=O)O.O=NO. The number of carboxylic acids is 2. The van der Waals surface area contributed by atoms with Crippen molar-refractivity contribution in [3.63, 3.8) is 0 Å². The van der Waals surface area contributed by atoms with Crippen LogP contribution in [0.4, 0.5) is 0 Å². The highest BCUT2D eigenvalue weighted by molar-refractivity contribution is 5.74. The zero-order valence-corrected chi connectivity index (χ0v) is 6.58. The Hall–Kier alpha value is -1.70. The molecule has 0 aliphatic rings. The van der Waals surface area contributed by atoms with Gasteiger partial charge < -0.3 is 21.2 Å².